The first-order valence-corrected chi connectivity index (χ1v) is 8.03. The number of hydrogen-bond donors (Lipinski definition) is 2. The Morgan fingerprint density at radius 1 is 1.30 bits per heavy atom. The van der Waals surface area contributed by atoms with Crippen LogP contribution in [-0.2, 0) is 9.59 Å². The molecule has 1 heterocycles. The maximum atomic E-state index is 13.8. The van der Waals surface area contributed by atoms with Gasteiger partial charge in [-0.25, -0.2) is 4.39 Å². The van der Waals surface area contributed by atoms with Crippen molar-refractivity contribution in [1.82, 2.24) is 0 Å². The van der Waals surface area contributed by atoms with E-state index in [-0.39, 0.29) is 23.9 Å². The summed E-state index contributed by atoms with van der Waals surface area (Å²) in [4.78, 5) is 25.1. The van der Waals surface area contributed by atoms with Crippen LogP contribution in [0.5, 0.6) is 0 Å². The highest BCUT2D eigenvalue weighted by molar-refractivity contribution is 8.01. The summed E-state index contributed by atoms with van der Waals surface area (Å²) >= 11 is 1.34. The van der Waals surface area contributed by atoms with E-state index < -0.39 is 11.1 Å². The lowest BCUT2D eigenvalue weighted by Crippen LogP contribution is -2.32. The smallest absolute Gasteiger partial charge is 0.238 e. The number of thioether (sulfide) groups is 1. The highest BCUT2D eigenvalue weighted by Gasteiger charge is 2.28. The minimum atomic E-state index is -0.529. The minimum Gasteiger partial charge on any atom is -0.324 e. The van der Waals surface area contributed by atoms with Crippen LogP contribution in [0.25, 0.3) is 0 Å². The van der Waals surface area contributed by atoms with E-state index in [9.17, 15) is 14.0 Å². The van der Waals surface area contributed by atoms with Crippen molar-refractivity contribution in [3.63, 3.8) is 0 Å². The summed E-state index contributed by atoms with van der Waals surface area (Å²) in [5.74, 6) is -1.09. The molecular weight excluding hydrogens is 315 g/mol. The number of amides is 2. The third-order valence-electron chi connectivity index (χ3n) is 3.48. The summed E-state index contributed by atoms with van der Waals surface area (Å²) in [7, 11) is 0. The number of aryl methyl sites for hydroxylation is 1. The molecule has 4 nitrogen and oxygen atoms in total. The largest absolute Gasteiger partial charge is 0.324 e. The summed E-state index contributed by atoms with van der Waals surface area (Å²) in [5, 5.41) is 4.78. The fourth-order valence-electron chi connectivity index (χ4n) is 2.32. The molecule has 6 heteroatoms. The molecule has 1 aliphatic heterocycles. The molecule has 0 spiro atoms. The highest BCUT2D eigenvalue weighted by Crippen LogP contribution is 2.36. The van der Waals surface area contributed by atoms with Crippen molar-refractivity contribution < 1.29 is 14.0 Å². The number of hydrogen-bond acceptors (Lipinski definition) is 3. The van der Waals surface area contributed by atoms with Gasteiger partial charge in [-0.15, -0.1) is 11.8 Å². The Kier molecular flexibility index (Phi) is 4.34. The Balaban J connectivity index is 1.67. The van der Waals surface area contributed by atoms with E-state index in [1.54, 1.807) is 13.0 Å². The standard InChI is InChI=1S/C17H15FN2O2S/c1-10-6-7-12(11(18)8-10)19-16(21)9-15-17(22)20-13-4-2-3-5-14(13)23-15/h2-8,15H,9H2,1H3,(H,19,21)(H,20,22). The third-order valence-corrected chi connectivity index (χ3v) is 4.75. The van der Waals surface area contributed by atoms with E-state index in [1.807, 2.05) is 24.3 Å². The van der Waals surface area contributed by atoms with Crippen LogP contribution < -0.4 is 10.6 Å². The predicted octanol–water partition coefficient (Wildman–Crippen LogP) is 3.58. The minimum absolute atomic E-state index is 0.0157. The van der Waals surface area contributed by atoms with E-state index >= 15 is 0 Å². The summed E-state index contributed by atoms with van der Waals surface area (Å²) < 4.78 is 13.8. The van der Waals surface area contributed by atoms with Crippen molar-refractivity contribution in [2.75, 3.05) is 10.6 Å². The molecule has 0 aliphatic carbocycles. The number of anilines is 2. The molecule has 0 saturated heterocycles. The first-order chi connectivity index (χ1) is 11.0. The van der Waals surface area contributed by atoms with Crippen LogP contribution in [0.1, 0.15) is 12.0 Å². The molecular formula is C17H15FN2O2S. The third kappa shape index (κ3) is 3.53. The normalized spacial score (nSPS) is 16.4. The van der Waals surface area contributed by atoms with Gasteiger partial charge in [0.15, 0.2) is 0 Å². The van der Waals surface area contributed by atoms with Gasteiger partial charge in [-0.05, 0) is 36.8 Å². The fraction of sp³-hybridized carbons (Fsp3) is 0.176. The van der Waals surface area contributed by atoms with Gasteiger partial charge in [0.1, 0.15) is 5.82 Å². The molecule has 2 aromatic carbocycles. The number of carbonyl (C=O) groups is 2. The topological polar surface area (TPSA) is 58.2 Å². The Morgan fingerprint density at radius 2 is 2.09 bits per heavy atom. The molecule has 1 unspecified atom stereocenters. The number of halogens is 1. The maximum absolute atomic E-state index is 13.8. The molecule has 0 fully saturated rings. The summed E-state index contributed by atoms with van der Waals surface area (Å²) in [5.41, 5.74) is 1.66. The van der Waals surface area contributed by atoms with Gasteiger partial charge in [-0.2, -0.15) is 0 Å². The molecule has 2 amide bonds. The van der Waals surface area contributed by atoms with Crippen LogP contribution in [0.15, 0.2) is 47.4 Å². The van der Waals surface area contributed by atoms with Crippen LogP contribution in [0.2, 0.25) is 0 Å². The van der Waals surface area contributed by atoms with Gasteiger partial charge < -0.3 is 10.6 Å². The Hall–Kier alpha value is -2.34. The number of carbonyl (C=O) groups excluding carboxylic acids is 2. The molecule has 3 rings (SSSR count). The number of nitrogens with one attached hydrogen (secondary N) is 2. The molecule has 118 valence electrons. The lowest BCUT2D eigenvalue weighted by molar-refractivity contribution is -0.120. The van der Waals surface area contributed by atoms with Crippen molar-refractivity contribution in [2.45, 2.75) is 23.5 Å². The monoisotopic (exact) mass is 330 g/mol. The summed E-state index contributed by atoms with van der Waals surface area (Å²) in [6.07, 6.45) is -0.0157. The molecule has 1 atom stereocenters. The zero-order chi connectivity index (χ0) is 16.4. The van der Waals surface area contributed by atoms with Crippen molar-refractivity contribution in [3.8, 4) is 0 Å². The Labute approximate surface area is 137 Å². The van der Waals surface area contributed by atoms with E-state index in [0.717, 1.165) is 16.1 Å². The van der Waals surface area contributed by atoms with Gasteiger partial charge in [-0.3, -0.25) is 9.59 Å². The fourth-order valence-corrected chi connectivity index (χ4v) is 3.43. The van der Waals surface area contributed by atoms with Crippen LogP contribution >= 0.6 is 11.8 Å². The van der Waals surface area contributed by atoms with Crippen molar-refractivity contribution in [1.29, 1.82) is 0 Å². The lowest BCUT2D eigenvalue weighted by atomic mass is 10.2. The number of rotatable bonds is 3. The zero-order valence-electron chi connectivity index (χ0n) is 12.4. The second kappa shape index (κ2) is 6.42. The molecule has 0 aromatic heterocycles. The van der Waals surface area contributed by atoms with Crippen molar-refractivity contribution in [3.05, 3.63) is 53.8 Å². The second-order valence-electron chi connectivity index (χ2n) is 5.33. The first kappa shape index (κ1) is 15.6. The molecule has 0 saturated carbocycles. The molecule has 1 aliphatic rings. The van der Waals surface area contributed by atoms with Gasteiger partial charge in [0.25, 0.3) is 0 Å². The maximum Gasteiger partial charge on any atom is 0.238 e. The van der Waals surface area contributed by atoms with Crippen LogP contribution in [0.4, 0.5) is 15.8 Å². The molecule has 23 heavy (non-hydrogen) atoms. The van der Waals surface area contributed by atoms with Crippen molar-refractivity contribution in [2.24, 2.45) is 0 Å². The molecule has 0 radical (unpaired) electrons. The van der Waals surface area contributed by atoms with Gasteiger partial charge in [0, 0.05) is 11.3 Å². The van der Waals surface area contributed by atoms with Gasteiger partial charge in [-0.1, -0.05) is 18.2 Å². The van der Waals surface area contributed by atoms with Gasteiger partial charge in [0.2, 0.25) is 11.8 Å². The van der Waals surface area contributed by atoms with Gasteiger partial charge in [0.05, 0.1) is 16.6 Å². The van der Waals surface area contributed by atoms with Crippen molar-refractivity contribution >= 4 is 35.0 Å². The molecule has 2 N–H and O–H groups in total. The zero-order valence-corrected chi connectivity index (χ0v) is 13.2. The Bertz CT molecular complexity index is 779. The van der Waals surface area contributed by atoms with Crippen LogP contribution in [0.3, 0.4) is 0 Å². The van der Waals surface area contributed by atoms with E-state index in [0.29, 0.717) is 0 Å². The molecule has 0 bridgehead atoms. The molecule has 2 aromatic rings. The lowest BCUT2D eigenvalue weighted by Gasteiger charge is -2.23. The average Bonchev–Trinajstić information content (AvgIpc) is 2.51. The number of para-hydroxylation sites is 1. The van der Waals surface area contributed by atoms with Gasteiger partial charge >= 0.3 is 0 Å². The second-order valence-corrected chi connectivity index (χ2v) is 6.57. The van der Waals surface area contributed by atoms with E-state index in [2.05, 4.69) is 10.6 Å². The Morgan fingerprint density at radius 3 is 2.87 bits per heavy atom. The van der Waals surface area contributed by atoms with E-state index in [1.165, 1.54) is 23.9 Å². The summed E-state index contributed by atoms with van der Waals surface area (Å²) in [6.45, 7) is 1.77. The SMILES string of the molecule is Cc1ccc(NC(=O)CC2Sc3ccccc3NC2=O)c(F)c1. The average molecular weight is 330 g/mol. The number of fused-ring (bicyclic) bond motifs is 1. The predicted molar refractivity (Wildman–Crippen MR) is 89.1 cm³/mol. The quantitative estimate of drug-likeness (QED) is 0.904. The van der Waals surface area contributed by atoms with Crippen LogP contribution in [-0.4, -0.2) is 17.1 Å². The van der Waals surface area contributed by atoms with Crippen LogP contribution in [0, 0.1) is 12.7 Å². The summed E-state index contributed by atoms with van der Waals surface area (Å²) in [6, 6.07) is 12.0. The highest BCUT2D eigenvalue weighted by atomic mass is 32.2. The first-order valence-electron chi connectivity index (χ1n) is 7.15. The van der Waals surface area contributed by atoms with E-state index in [4.69, 9.17) is 0 Å². The number of benzene rings is 2.